The van der Waals surface area contributed by atoms with Crippen molar-refractivity contribution in [3.05, 3.63) is 34.9 Å². The van der Waals surface area contributed by atoms with E-state index in [1.54, 1.807) is 0 Å². The highest BCUT2D eigenvalue weighted by Gasteiger charge is 2.34. The molecule has 18 heavy (non-hydrogen) atoms. The lowest BCUT2D eigenvalue weighted by Crippen LogP contribution is -2.33. The molecule has 98 valence electrons. The Morgan fingerprint density at radius 3 is 2.78 bits per heavy atom. The number of carbonyl (C=O) groups is 1. The number of aromatic carboxylic acids is 1. The topological polar surface area (TPSA) is 49.3 Å². The number of carboxylic acid groups (broad SMARTS) is 1. The summed E-state index contributed by atoms with van der Waals surface area (Å²) in [6, 6.07) is 3.50. The lowest BCUT2D eigenvalue weighted by atomic mass is 9.91. The molecule has 0 aliphatic carbocycles. The zero-order valence-electron chi connectivity index (χ0n) is 9.42. The molecule has 0 amide bonds. The molecule has 1 aromatic carbocycles. The fourth-order valence-corrected chi connectivity index (χ4v) is 2.20. The van der Waals surface area contributed by atoms with Gasteiger partial charge >= 0.3 is 12.1 Å². The van der Waals surface area contributed by atoms with Crippen LogP contribution in [0.4, 0.5) is 13.2 Å². The van der Waals surface area contributed by atoms with Crippen molar-refractivity contribution in [3.63, 3.8) is 0 Å². The third-order valence-electron chi connectivity index (χ3n) is 2.99. The van der Waals surface area contributed by atoms with Crippen LogP contribution in [0.1, 0.15) is 33.9 Å². The van der Waals surface area contributed by atoms with Crippen LogP contribution in [0.15, 0.2) is 18.2 Å². The normalized spacial score (nSPS) is 19.4. The fourth-order valence-electron chi connectivity index (χ4n) is 2.20. The van der Waals surface area contributed by atoms with E-state index in [-0.39, 0.29) is 5.56 Å². The largest absolute Gasteiger partial charge is 0.478 e. The Labute approximate surface area is 102 Å². The van der Waals surface area contributed by atoms with Crippen LogP contribution in [-0.2, 0) is 6.42 Å². The molecule has 6 heteroatoms. The Morgan fingerprint density at radius 2 is 2.17 bits per heavy atom. The van der Waals surface area contributed by atoms with Gasteiger partial charge in [-0.05, 0) is 36.2 Å². The molecule has 0 saturated carbocycles. The first-order valence-electron chi connectivity index (χ1n) is 5.53. The summed E-state index contributed by atoms with van der Waals surface area (Å²) < 4.78 is 37.2. The lowest BCUT2D eigenvalue weighted by Gasteiger charge is -2.28. The molecule has 2 N–H and O–H groups in total. The zero-order chi connectivity index (χ0) is 13.3. The lowest BCUT2D eigenvalue weighted by molar-refractivity contribution is -0.140. The summed E-state index contributed by atoms with van der Waals surface area (Å²) in [6.45, 7) is 0.427. The molecule has 0 bridgehead atoms. The summed E-state index contributed by atoms with van der Waals surface area (Å²) in [5.41, 5.74) is 1.34. The van der Waals surface area contributed by atoms with Crippen LogP contribution in [0.2, 0.25) is 0 Å². The summed E-state index contributed by atoms with van der Waals surface area (Å²) in [5, 5.41) is 11.7. The van der Waals surface area contributed by atoms with Gasteiger partial charge in [-0.2, -0.15) is 13.2 Å². The van der Waals surface area contributed by atoms with Crippen molar-refractivity contribution in [1.82, 2.24) is 5.32 Å². The van der Waals surface area contributed by atoms with Crippen LogP contribution in [0.3, 0.4) is 0 Å². The van der Waals surface area contributed by atoms with Crippen LogP contribution >= 0.6 is 0 Å². The summed E-state index contributed by atoms with van der Waals surface area (Å²) in [4.78, 5) is 10.8. The van der Waals surface area contributed by atoms with E-state index in [1.807, 2.05) is 0 Å². The fraction of sp³-hybridized carbons (Fsp3) is 0.417. The van der Waals surface area contributed by atoms with Crippen molar-refractivity contribution in [2.45, 2.75) is 25.1 Å². The Bertz CT molecular complexity index is 471. The van der Waals surface area contributed by atoms with E-state index < -0.39 is 24.6 Å². The molecular weight excluding hydrogens is 247 g/mol. The van der Waals surface area contributed by atoms with E-state index in [0.29, 0.717) is 24.1 Å². The molecule has 0 saturated heterocycles. The Balaban J connectivity index is 2.30. The average molecular weight is 259 g/mol. The molecule has 0 spiro atoms. The van der Waals surface area contributed by atoms with E-state index in [9.17, 15) is 18.0 Å². The highest BCUT2D eigenvalue weighted by atomic mass is 19.4. The molecule has 1 heterocycles. The maximum absolute atomic E-state index is 12.4. The molecule has 0 fully saturated rings. The molecule has 0 aromatic heterocycles. The van der Waals surface area contributed by atoms with Gasteiger partial charge in [-0.3, -0.25) is 0 Å². The summed E-state index contributed by atoms with van der Waals surface area (Å²) >= 11 is 0. The van der Waals surface area contributed by atoms with Crippen molar-refractivity contribution in [2.75, 3.05) is 6.54 Å². The van der Waals surface area contributed by atoms with E-state index in [2.05, 4.69) is 5.32 Å². The van der Waals surface area contributed by atoms with Crippen LogP contribution in [0.5, 0.6) is 0 Å². The molecule has 2 rings (SSSR count). The predicted molar refractivity (Wildman–Crippen MR) is 58.5 cm³/mol. The first-order valence-corrected chi connectivity index (χ1v) is 5.53. The van der Waals surface area contributed by atoms with Crippen molar-refractivity contribution in [2.24, 2.45) is 0 Å². The van der Waals surface area contributed by atoms with Gasteiger partial charge in [0, 0.05) is 6.04 Å². The van der Waals surface area contributed by atoms with Crippen LogP contribution in [0.25, 0.3) is 0 Å². The molecular formula is C12H12F3NO2. The van der Waals surface area contributed by atoms with Gasteiger partial charge in [0.05, 0.1) is 12.0 Å². The quantitative estimate of drug-likeness (QED) is 0.858. The minimum atomic E-state index is -4.24. The monoisotopic (exact) mass is 259 g/mol. The van der Waals surface area contributed by atoms with Gasteiger partial charge in [0.1, 0.15) is 0 Å². The standard InChI is InChI=1S/C12H12F3NO2/c13-12(14,15)6-10-9-2-1-8(11(17)18)5-7(9)3-4-16-10/h1-2,5,10,16H,3-4,6H2,(H,17,18). The Kier molecular flexibility index (Phi) is 3.30. The first-order chi connectivity index (χ1) is 8.37. The Morgan fingerprint density at radius 1 is 1.44 bits per heavy atom. The number of nitrogens with one attached hydrogen (secondary N) is 1. The number of benzene rings is 1. The minimum Gasteiger partial charge on any atom is -0.478 e. The van der Waals surface area contributed by atoms with Gasteiger partial charge in [0.2, 0.25) is 0 Å². The van der Waals surface area contributed by atoms with Gasteiger partial charge in [-0.25, -0.2) is 4.79 Å². The van der Waals surface area contributed by atoms with E-state index >= 15 is 0 Å². The van der Waals surface area contributed by atoms with Crippen LogP contribution in [0, 0.1) is 0 Å². The van der Waals surface area contributed by atoms with Crippen molar-refractivity contribution in [1.29, 1.82) is 0 Å². The van der Waals surface area contributed by atoms with Gasteiger partial charge in [-0.15, -0.1) is 0 Å². The highest BCUT2D eigenvalue weighted by molar-refractivity contribution is 5.88. The van der Waals surface area contributed by atoms with Gasteiger partial charge in [0.25, 0.3) is 0 Å². The number of hydrogen-bond donors (Lipinski definition) is 2. The summed E-state index contributed by atoms with van der Waals surface area (Å²) in [7, 11) is 0. The van der Waals surface area contributed by atoms with E-state index in [0.717, 1.165) is 0 Å². The van der Waals surface area contributed by atoms with Crippen LogP contribution in [-0.4, -0.2) is 23.8 Å². The van der Waals surface area contributed by atoms with E-state index in [4.69, 9.17) is 5.11 Å². The number of halogens is 3. The van der Waals surface area contributed by atoms with Crippen LogP contribution < -0.4 is 5.32 Å². The third-order valence-corrected chi connectivity index (χ3v) is 2.99. The molecule has 3 nitrogen and oxygen atoms in total. The molecule has 1 aromatic rings. The minimum absolute atomic E-state index is 0.112. The van der Waals surface area contributed by atoms with Crippen molar-refractivity contribution in [3.8, 4) is 0 Å². The molecule has 1 atom stereocenters. The molecule has 1 aliphatic heterocycles. The second-order valence-corrected chi connectivity index (χ2v) is 4.29. The first kappa shape index (κ1) is 12.9. The van der Waals surface area contributed by atoms with E-state index in [1.165, 1.54) is 18.2 Å². The van der Waals surface area contributed by atoms with Crippen molar-refractivity contribution >= 4 is 5.97 Å². The SMILES string of the molecule is O=C(O)c1ccc2c(c1)CCNC2CC(F)(F)F. The van der Waals surface area contributed by atoms with Gasteiger partial charge in [0.15, 0.2) is 0 Å². The summed E-state index contributed by atoms with van der Waals surface area (Å²) in [6.07, 6.45) is -4.63. The third kappa shape index (κ3) is 2.81. The maximum atomic E-state index is 12.4. The number of carboxylic acids is 1. The second-order valence-electron chi connectivity index (χ2n) is 4.29. The average Bonchev–Trinajstić information content (AvgIpc) is 2.26. The zero-order valence-corrected chi connectivity index (χ0v) is 9.42. The number of alkyl halides is 3. The smallest absolute Gasteiger partial charge is 0.390 e. The molecule has 1 aliphatic rings. The van der Waals surface area contributed by atoms with Crippen molar-refractivity contribution < 1.29 is 23.1 Å². The maximum Gasteiger partial charge on any atom is 0.390 e. The van der Waals surface area contributed by atoms with Gasteiger partial charge in [-0.1, -0.05) is 6.07 Å². The molecule has 0 radical (unpaired) electrons. The highest BCUT2D eigenvalue weighted by Crippen LogP contribution is 2.33. The number of fused-ring (bicyclic) bond motifs is 1. The number of rotatable bonds is 2. The predicted octanol–water partition coefficient (Wildman–Crippen LogP) is 2.52. The Hall–Kier alpha value is -1.56. The summed E-state index contributed by atoms with van der Waals surface area (Å²) in [5.74, 6) is -1.07. The second kappa shape index (κ2) is 4.61. The number of hydrogen-bond acceptors (Lipinski definition) is 2. The molecule has 1 unspecified atom stereocenters. The van der Waals surface area contributed by atoms with Gasteiger partial charge < -0.3 is 10.4 Å².